The van der Waals surface area contributed by atoms with Crippen molar-refractivity contribution in [3.05, 3.63) is 123 Å². The first-order valence-electron chi connectivity index (χ1n) is 16.4. The molecule has 0 amide bonds. The number of benzene rings is 4. The van der Waals surface area contributed by atoms with Crippen LogP contribution in [0, 0.1) is 34.0 Å². The van der Waals surface area contributed by atoms with Crippen molar-refractivity contribution in [1.82, 2.24) is 0 Å². The lowest BCUT2D eigenvalue weighted by molar-refractivity contribution is -0.138. The summed E-state index contributed by atoms with van der Waals surface area (Å²) < 4.78 is 16.2. The zero-order chi connectivity index (χ0) is 36.0. The molecular formula is C42H27N3O6. The molecule has 0 unspecified atom stereocenters. The lowest BCUT2D eigenvalue weighted by Gasteiger charge is -2.19. The highest BCUT2D eigenvalue weighted by Gasteiger charge is 2.46. The molecule has 0 N–H and O–H groups in total. The van der Waals surface area contributed by atoms with Gasteiger partial charge in [-0.05, 0) is 70.8 Å². The summed E-state index contributed by atoms with van der Waals surface area (Å²) in [4.78, 5) is 40.7. The molecule has 0 spiro atoms. The average Bonchev–Trinajstić information content (AvgIpc) is 3.77. The third-order valence-corrected chi connectivity index (χ3v) is 9.17. The molecule has 3 aliphatic carbocycles. The molecule has 51 heavy (non-hydrogen) atoms. The number of ether oxygens (including phenoxy) is 3. The molecule has 9 heteroatoms. The summed E-state index contributed by atoms with van der Waals surface area (Å²) in [5, 5.41) is 31.8. The fraction of sp³-hybridized carbons (Fsp3) is 0.143. The van der Waals surface area contributed by atoms with Crippen molar-refractivity contribution in [2.75, 3.05) is 19.8 Å². The van der Waals surface area contributed by atoms with E-state index in [1.807, 2.05) is 36.4 Å². The molecule has 4 aromatic carbocycles. The Hall–Kier alpha value is -7.02. The second kappa shape index (κ2) is 12.8. The molecule has 0 fully saturated rings. The van der Waals surface area contributed by atoms with Crippen LogP contribution < -0.4 is 0 Å². The van der Waals surface area contributed by atoms with E-state index >= 15 is 0 Å². The van der Waals surface area contributed by atoms with Gasteiger partial charge in [-0.1, -0.05) is 72.8 Å². The van der Waals surface area contributed by atoms with Gasteiger partial charge in [-0.3, -0.25) is 0 Å². The second-order valence-electron chi connectivity index (χ2n) is 11.6. The minimum Gasteiger partial charge on any atom is -0.462 e. The highest BCUT2D eigenvalue weighted by atomic mass is 16.5. The summed E-state index contributed by atoms with van der Waals surface area (Å²) in [5.74, 6) is -2.45. The Bertz CT molecular complexity index is 2200. The van der Waals surface area contributed by atoms with Crippen molar-refractivity contribution in [3.8, 4) is 51.6 Å². The van der Waals surface area contributed by atoms with Gasteiger partial charge in [-0.15, -0.1) is 0 Å². The third kappa shape index (κ3) is 4.62. The van der Waals surface area contributed by atoms with Crippen LogP contribution >= 0.6 is 0 Å². The summed E-state index contributed by atoms with van der Waals surface area (Å²) >= 11 is 0. The Morgan fingerprint density at radius 1 is 0.431 bits per heavy atom. The predicted molar refractivity (Wildman–Crippen MR) is 188 cm³/mol. The third-order valence-electron chi connectivity index (χ3n) is 9.17. The Morgan fingerprint density at radius 2 is 0.667 bits per heavy atom. The van der Waals surface area contributed by atoms with Gasteiger partial charge in [0.25, 0.3) is 0 Å². The molecular weight excluding hydrogens is 642 g/mol. The van der Waals surface area contributed by atoms with E-state index in [2.05, 4.69) is 18.2 Å². The van der Waals surface area contributed by atoms with Gasteiger partial charge in [0, 0.05) is 33.4 Å². The van der Waals surface area contributed by atoms with Crippen LogP contribution in [0.2, 0.25) is 0 Å². The normalized spacial score (nSPS) is 15.3. The molecule has 0 atom stereocenters. The monoisotopic (exact) mass is 669 g/mol. The molecule has 0 saturated carbocycles. The van der Waals surface area contributed by atoms with Crippen molar-refractivity contribution in [2.24, 2.45) is 0 Å². The van der Waals surface area contributed by atoms with Crippen LogP contribution in [0.25, 0.3) is 50.1 Å². The van der Waals surface area contributed by atoms with E-state index in [1.54, 1.807) is 57.2 Å². The topological polar surface area (TPSA) is 150 Å². The van der Waals surface area contributed by atoms with Gasteiger partial charge in [0.05, 0.1) is 19.8 Å². The fourth-order valence-electron chi connectivity index (χ4n) is 7.47. The number of hydrogen-bond acceptors (Lipinski definition) is 9. The molecule has 0 heterocycles. The maximum absolute atomic E-state index is 13.6. The van der Waals surface area contributed by atoms with Gasteiger partial charge in [0.15, 0.2) is 0 Å². The minimum absolute atomic E-state index is 0.0299. The first-order valence-corrected chi connectivity index (χ1v) is 16.4. The van der Waals surface area contributed by atoms with Gasteiger partial charge in [0.1, 0.15) is 34.9 Å². The number of esters is 3. The van der Waals surface area contributed by atoms with E-state index in [1.165, 1.54) is 0 Å². The lowest BCUT2D eigenvalue weighted by atomic mass is 9.82. The SMILES string of the molecule is CCOC(=O)/C(C#N)=C1\c2ccccc2-c2c1c1c(c3c2/C(=C(\C#N)C(=O)OCC)c2ccccc2-3)/C(=C(\C#N)C(=O)OCC)c2ccccc2-1. The molecule has 7 rings (SSSR count). The van der Waals surface area contributed by atoms with Gasteiger partial charge >= 0.3 is 17.9 Å². The number of carbonyl (C=O) groups is 3. The van der Waals surface area contributed by atoms with Crippen LogP contribution in [0.15, 0.2) is 89.5 Å². The minimum atomic E-state index is -0.818. The highest BCUT2D eigenvalue weighted by Crippen LogP contribution is 2.64. The summed E-state index contributed by atoms with van der Waals surface area (Å²) in [7, 11) is 0. The number of nitriles is 3. The molecule has 0 aromatic heterocycles. The Kier molecular flexibility index (Phi) is 8.15. The second-order valence-corrected chi connectivity index (χ2v) is 11.6. The molecule has 0 radical (unpaired) electrons. The number of hydrogen-bond donors (Lipinski definition) is 0. The number of fused-ring (bicyclic) bond motifs is 12. The van der Waals surface area contributed by atoms with Crippen LogP contribution in [0.5, 0.6) is 0 Å². The van der Waals surface area contributed by atoms with Crippen LogP contribution in [0.3, 0.4) is 0 Å². The molecule has 9 nitrogen and oxygen atoms in total. The molecule has 0 bridgehead atoms. The molecule has 0 saturated heterocycles. The van der Waals surface area contributed by atoms with Crippen molar-refractivity contribution in [3.63, 3.8) is 0 Å². The molecule has 3 aliphatic rings. The molecule has 0 aliphatic heterocycles. The van der Waals surface area contributed by atoms with Crippen molar-refractivity contribution < 1.29 is 28.6 Å². The maximum Gasteiger partial charge on any atom is 0.349 e. The quantitative estimate of drug-likeness (QED) is 0.0769. The maximum atomic E-state index is 13.6. The zero-order valence-corrected chi connectivity index (χ0v) is 27.8. The van der Waals surface area contributed by atoms with Crippen LogP contribution in [0.4, 0.5) is 0 Å². The standard InChI is InChI=1S/C42H27N3O6/c1-4-49-40(46)28(19-43)31-22-13-7-10-16-25(22)34-37(31)35-26-17-11-8-14-23(26)32(29(20-44)41(47)50-5-2)39(35)36-27-18-12-9-15-24(27)33(38(34)36)30(21-45)42(48)51-6-3/h7-18H,4-6H2,1-3H3/b31-28+,32-29+,33-30+. The molecule has 246 valence electrons. The number of rotatable bonds is 6. The summed E-state index contributed by atoms with van der Waals surface area (Å²) in [6.07, 6.45) is 0. The Morgan fingerprint density at radius 3 is 0.882 bits per heavy atom. The largest absolute Gasteiger partial charge is 0.462 e. The molecule has 4 aromatic rings. The van der Waals surface area contributed by atoms with E-state index in [9.17, 15) is 30.2 Å². The first kappa shape index (κ1) is 32.5. The van der Waals surface area contributed by atoms with Crippen LogP contribution in [-0.4, -0.2) is 37.7 Å². The average molecular weight is 670 g/mol. The van der Waals surface area contributed by atoms with Crippen molar-refractivity contribution in [1.29, 1.82) is 15.8 Å². The Balaban J connectivity index is 1.83. The summed E-state index contributed by atoms with van der Waals surface area (Å²) in [6, 6.07) is 28.2. The van der Waals surface area contributed by atoms with E-state index in [-0.39, 0.29) is 36.5 Å². The predicted octanol–water partition coefficient (Wildman–Crippen LogP) is 7.29. The van der Waals surface area contributed by atoms with E-state index < -0.39 is 17.9 Å². The van der Waals surface area contributed by atoms with E-state index in [0.29, 0.717) is 83.5 Å². The first-order chi connectivity index (χ1) is 24.9. The van der Waals surface area contributed by atoms with Gasteiger partial charge in [0.2, 0.25) is 0 Å². The highest BCUT2D eigenvalue weighted by molar-refractivity contribution is 6.28. The number of carbonyl (C=O) groups excluding carboxylic acids is 3. The van der Waals surface area contributed by atoms with Gasteiger partial charge in [-0.2, -0.15) is 15.8 Å². The summed E-state index contributed by atoms with van der Waals surface area (Å²) in [6.45, 7) is 5.04. The lowest BCUT2D eigenvalue weighted by Crippen LogP contribution is -2.10. The van der Waals surface area contributed by atoms with E-state index in [0.717, 1.165) is 0 Å². The smallest absolute Gasteiger partial charge is 0.349 e. The van der Waals surface area contributed by atoms with Gasteiger partial charge in [-0.25, -0.2) is 14.4 Å². The zero-order valence-electron chi connectivity index (χ0n) is 27.8. The van der Waals surface area contributed by atoms with Crippen molar-refractivity contribution >= 4 is 34.6 Å². The fourth-order valence-corrected chi connectivity index (χ4v) is 7.47. The van der Waals surface area contributed by atoms with Crippen LogP contribution in [-0.2, 0) is 28.6 Å². The number of nitrogens with zero attached hydrogens (tertiary/aromatic N) is 3. The van der Waals surface area contributed by atoms with E-state index in [4.69, 9.17) is 14.2 Å². The Labute approximate surface area is 293 Å². The van der Waals surface area contributed by atoms with Gasteiger partial charge < -0.3 is 14.2 Å². The summed E-state index contributed by atoms with van der Waals surface area (Å²) in [5.41, 5.74) is 7.05. The van der Waals surface area contributed by atoms with Crippen molar-refractivity contribution in [2.45, 2.75) is 20.8 Å². The van der Waals surface area contributed by atoms with Crippen LogP contribution in [0.1, 0.15) is 54.2 Å².